The highest BCUT2D eigenvalue weighted by Crippen LogP contribution is 2.18. The van der Waals surface area contributed by atoms with Crippen LogP contribution in [0, 0.1) is 0 Å². The average Bonchev–Trinajstić information content (AvgIpc) is 2.55. The second-order valence-electron chi connectivity index (χ2n) is 5.20. The molecule has 1 aliphatic rings. The number of morpholine rings is 1. The number of hydrogen-bond acceptors (Lipinski definition) is 4. The third-order valence-electron chi connectivity index (χ3n) is 3.64. The molecule has 1 saturated heterocycles. The Bertz CT molecular complexity index is 629. The van der Waals surface area contributed by atoms with Gasteiger partial charge in [0, 0.05) is 5.56 Å². The Morgan fingerprint density at radius 1 is 1.22 bits per heavy atom. The molecule has 0 radical (unpaired) electrons. The van der Waals surface area contributed by atoms with E-state index in [2.05, 4.69) is 5.32 Å². The summed E-state index contributed by atoms with van der Waals surface area (Å²) < 4.78 is 52.7. The number of hydrogen-bond donors (Lipinski definition) is 2. The summed E-state index contributed by atoms with van der Waals surface area (Å²) in [6.45, 7) is 4.47. The molecular formula is C14H19F2N2O4S+. The van der Waals surface area contributed by atoms with Crippen LogP contribution in [0.4, 0.5) is 8.78 Å². The lowest BCUT2D eigenvalue weighted by atomic mass is 10.2. The maximum atomic E-state index is 12.4. The Morgan fingerprint density at radius 3 is 2.39 bits per heavy atom. The minimum absolute atomic E-state index is 0.232. The molecule has 0 atom stereocenters. The average molecular weight is 349 g/mol. The van der Waals surface area contributed by atoms with E-state index in [1.54, 1.807) is 0 Å². The maximum absolute atomic E-state index is 12.4. The summed E-state index contributed by atoms with van der Waals surface area (Å²) >= 11 is 0. The van der Waals surface area contributed by atoms with E-state index < -0.39 is 20.5 Å². The van der Waals surface area contributed by atoms with E-state index in [0.29, 0.717) is 19.8 Å². The highest BCUT2D eigenvalue weighted by Gasteiger charge is 2.26. The van der Waals surface area contributed by atoms with Crippen molar-refractivity contribution in [3.63, 3.8) is 0 Å². The summed E-state index contributed by atoms with van der Waals surface area (Å²) in [5.74, 6) is -3.84. The van der Waals surface area contributed by atoms with Gasteiger partial charge in [0.15, 0.2) is 0 Å². The van der Waals surface area contributed by atoms with E-state index in [4.69, 9.17) is 4.74 Å². The number of sulfone groups is 1. The molecule has 0 saturated carbocycles. The molecule has 0 aromatic heterocycles. The van der Waals surface area contributed by atoms with Crippen molar-refractivity contribution in [3.05, 3.63) is 29.8 Å². The van der Waals surface area contributed by atoms with Gasteiger partial charge in [0.1, 0.15) is 13.1 Å². The largest absolute Gasteiger partial charge is 0.370 e. The monoisotopic (exact) mass is 349 g/mol. The molecule has 6 nitrogen and oxygen atoms in total. The summed E-state index contributed by atoms with van der Waals surface area (Å²) in [5, 5.41) is 2.73. The number of alkyl halides is 2. The molecule has 1 fully saturated rings. The van der Waals surface area contributed by atoms with Crippen LogP contribution >= 0.6 is 0 Å². The summed E-state index contributed by atoms with van der Waals surface area (Å²) in [7, 11) is -4.63. The fraction of sp³-hybridized carbons (Fsp3) is 0.500. The van der Waals surface area contributed by atoms with E-state index in [0.717, 1.165) is 31.8 Å². The van der Waals surface area contributed by atoms with Gasteiger partial charge in [0.2, 0.25) is 9.84 Å². The fourth-order valence-corrected chi connectivity index (χ4v) is 2.98. The van der Waals surface area contributed by atoms with Gasteiger partial charge in [-0.1, -0.05) is 0 Å². The number of quaternary nitrogens is 1. The third-order valence-corrected chi connectivity index (χ3v) is 5.04. The smallest absolute Gasteiger partial charge is 0.341 e. The normalized spacial score (nSPS) is 16.5. The Labute approximate surface area is 133 Å². The van der Waals surface area contributed by atoms with Gasteiger partial charge in [-0.25, -0.2) is 8.42 Å². The van der Waals surface area contributed by atoms with E-state index in [1.165, 1.54) is 17.0 Å². The zero-order valence-corrected chi connectivity index (χ0v) is 13.2. The van der Waals surface area contributed by atoms with Gasteiger partial charge in [-0.05, 0) is 24.3 Å². The summed E-state index contributed by atoms with van der Waals surface area (Å²) in [5.41, 5.74) is 0.232. The highest BCUT2D eigenvalue weighted by atomic mass is 32.2. The molecule has 0 spiro atoms. The van der Waals surface area contributed by atoms with Crippen molar-refractivity contribution in [2.24, 2.45) is 0 Å². The molecule has 1 aliphatic heterocycles. The molecule has 0 bridgehead atoms. The Morgan fingerprint density at radius 2 is 1.83 bits per heavy atom. The molecule has 1 heterocycles. The number of rotatable bonds is 6. The minimum Gasteiger partial charge on any atom is -0.370 e. The second kappa shape index (κ2) is 7.80. The van der Waals surface area contributed by atoms with E-state index >= 15 is 0 Å². The van der Waals surface area contributed by atoms with Crippen molar-refractivity contribution in [2.75, 3.05) is 39.4 Å². The first-order valence-corrected chi connectivity index (χ1v) is 8.77. The van der Waals surface area contributed by atoms with Crippen LogP contribution in [-0.2, 0) is 14.6 Å². The molecule has 2 rings (SSSR count). The quantitative estimate of drug-likeness (QED) is 0.714. The number of halogens is 2. The Hall–Kier alpha value is -1.58. The van der Waals surface area contributed by atoms with Crippen LogP contribution in [0.5, 0.6) is 0 Å². The molecule has 1 amide bonds. The van der Waals surface area contributed by atoms with Gasteiger partial charge < -0.3 is 15.0 Å². The van der Waals surface area contributed by atoms with Crippen LogP contribution in [0.15, 0.2) is 29.2 Å². The van der Waals surface area contributed by atoms with Crippen molar-refractivity contribution < 1.29 is 31.6 Å². The summed E-state index contributed by atoms with van der Waals surface area (Å²) in [6.07, 6.45) is 0. The molecule has 0 unspecified atom stereocenters. The number of nitrogens with one attached hydrogen (secondary N) is 2. The molecule has 23 heavy (non-hydrogen) atoms. The molecular weight excluding hydrogens is 330 g/mol. The zero-order valence-electron chi connectivity index (χ0n) is 12.4. The van der Waals surface area contributed by atoms with E-state index in [9.17, 15) is 22.0 Å². The Kier molecular flexibility index (Phi) is 6.03. The lowest BCUT2D eigenvalue weighted by Crippen LogP contribution is -3.14. The maximum Gasteiger partial charge on any atom is 0.341 e. The standard InChI is InChI=1S/C14H18F2N2O4S/c15-14(16)23(20,21)12-3-1-11(2-4-12)13(19)17-5-6-18-7-9-22-10-8-18/h1-4,14H,5-10H2,(H,17,19)/p+1. The molecule has 1 aromatic rings. The SMILES string of the molecule is O=C(NCC[NH+]1CCOCC1)c1ccc(S(=O)(=O)C(F)F)cc1. The Balaban J connectivity index is 1.87. The lowest BCUT2D eigenvalue weighted by molar-refractivity contribution is -0.906. The highest BCUT2D eigenvalue weighted by molar-refractivity contribution is 7.91. The lowest BCUT2D eigenvalue weighted by Gasteiger charge is -2.23. The minimum atomic E-state index is -4.63. The van der Waals surface area contributed by atoms with Crippen LogP contribution in [0.2, 0.25) is 0 Å². The first kappa shape index (κ1) is 17.8. The van der Waals surface area contributed by atoms with Gasteiger partial charge in [0.25, 0.3) is 5.91 Å². The topological polar surface area (TPSA) is 76.9 Å². The van der Waals surface area contributed by atoms with Crippen LogP contribution in [0.25, 0.3) is 0 Å². The molecule has 2 N–H and O–H groups in total. The van der Waals surface area contributed by atoms with E-state index in [1.807, 2.05) is 0 Å². The van der Waals surface area contributed by atoms with Gasteiger partial charge in [0.05, 0.1) is 31.2 Å². The van der Waals surface area contributed by atoms with Crippen LogP contribution < -0.4 is 10.2 Å². The van der Waals surface area contributed by atoms with Crippen molar-refractivity contribution in [1.82, 2.24) is 5.32 Å². The number of benzene rings is 1. The first-order chi connectivity index (χ1) is 10.9. The molecule has 1 aromatic carbocycles. The van der Waals surface area contributed by atoms with Crippen LogP contribution in [-0.4, -0.2) is 59.5 Å². The first-order valence-electron chi connectivity index (χ1n) is 7.23. The molecule has 9 heteroatoms. The summed E-state index contributed by atoms with van der Waals surface area (Å²) in [4.78, 5) is 12.8. The number of amides is 1. The van der Waals surface area contributed by atoms with Crippen LogP contribution in [0.1, 0.15) is 10.4 Å². The van der Waals surface area contributed by atoms with E-state index in [-0.39, 0.29) is 11.5 Å². The number of carbonyl (C=O) groups excluding carboxylic acids is 1. The molecule has 0 aliphatic carbocycles. The zero-order chi connectivity index (χ0) is 16.9. The fourth-order valence-electron chi connectivity index (χ4n) is 2.26. The van der Waals surface area contributed by atoms with Crippen molar-refractivity contribution in [3.8, 4) is 0 Å². The van der Waals surface area contributed by atoms with Crippen molar-refractivity contribution in [2.45, 2.75) is 10.7 Å². The van der Waals surface area contributed by atoms with Crippen molar-refractivity contribution >= 4 is 15.7 Å². The van der Waals surface area contributed by atoms with Gasteiger partial charge in [-0.15, -0.1) is 0 Å². The van der Waals surface area contributed by atoms with Crippen LogP contribution in [0.3, 0.4) is 0 Å². The predicted octanol–water partition coefficient (Wildman–Crippen LogP) is -0.672. The number of carbonyl (C=O) groups is 1. The predicted molar refractivity (Wildman–Crippen MR) is 78.3 cm³/mol. The van der Waals surface area contributed by atoms with Crippen molar-refractivity contribution in [1.29, 1.82) is 0 Å². The second-order valence-corrected chi connectivity index (χ2v) is 7.12. The number of ether oxygens (including phenoxy) is 1. The van der Waals surface area contributed by atoms with Gasteiger partial charge in [-0.2, -0.15) is 8.78 Å². The summed E-state index contributed by atoms with van der Waals surface area (Å²) in [6, 6.07) is 4.49. The third kappa shape index (κ3) is 4.69. The van der Waals surface area contributed by atoms with Gasteiger partial charge in [-0.3, -0.25) is 4.79 Å². The van der Waals surface area contributed by atoms with Gasteiger partial charge >= 0.3 is 5.76 Å². The molecule has 128 valence electrons.